The summed E-state index contributed by atoms with van der Waals surface area (Å²) in [6.07, 6.45) is 0. The van der Waals surface area contributed by atoms with Crippen molar-refractivity contribution in [2.75, 3.05) is 0 Å². The van der Waals surface area contributed by atoms with Crippen LogP contribution in [-0.4, -0.2) is 15.3 Å². The van der Waals surface area contributed by atoms with E-state index in [2.05, 4.69) is 27.6 Å². The number of oxazole rings is 1. The lowest BCUT2D eigenvalue weighted by Crippen LogP contribution is -2.18. The maximum absolute atomic E-state index is 11.8. The Hall–Kier alpha value is -1.96. The van der Waals surface area contributed by atoms with Crippen molar-refractivity contribution in [3.8, 4) is 11.3 Å². The van der Waals surface area contributed by atoms with E-state index in [1.807, 2.05) is 24.3 Å². The van der Waals surface area contributed by atoms with Gasteiger partial charge in [0.1, 0.15) is 5.78 Å². The Morgan fingerprint density at radius 1 is 1.24 bits per heavy atom. The van der Waals surface area contributed by atoms with Crippen LogP contribution in [0.3, 0.4) is 0 Å². The van der Waals surface area contributed by atoms with Gasteiger partial charge in [-0.15, -0.1) is 0 Å². The summed E-state index contributed by atoms with van der Waals surface area (Å²) in [7, 11) is 0. The van der Waals surface area contributed by atoms with E-state index in [0.29, 0.717) is 11.2 Å². The fourth-order valence-electron chi connectivity index (χ4n) is 2.09. The second-order valence-electron chi connectivity index (χ2n) is 4.68. The van der Waals surface area contributed by atoms with Gasteiger partial charge in [-0.05, 0) is 53.8 Å². The monoisotopic (exact) mass is 394 g/mol. The van der Waals surface area contributed by atoms with Crippen molar-refractivity contribution < 1.29 is 9.21 Å². The highest BCUT2D eigenvalue weighted by molar-refractivity contribution is 14.1. The number of rotatable bonds is 3. The van der Waals surface area contributed by atoms with E-state index in [0.717, 1.165) is 14.8 Å². The molecule has 2 aromatic heterocycles. The smallest absolute Gasteiger partial charge is 0.406 e. The number of hydrogen-bond acceptors (Lipinski definition) is 4. The SMILES string of the molecule is CC(=O)Cn1c(=O)oc2ccc(-c3ccc(I)cc3)nc21. The minimum atomic E-state index is -0.563. The number of ketones is 1. The number of benzene rings is 1. The summed E-state index contributed by atoms with van der Waals surface area (Å²) in [6, 6.07) is 11.4. The molecule has 0 aliphatic heterocycles. The quantitative estimate of drug-likeness (QED) is 0.641. The molecule has 0 amide bonds. The molecule has 0 aliphatic carbocycles. The average molecular weight is 394 g/mol. The first-order valence-corrected chi connectivity index (χ1v) is 7.38. The third kappa shape index (κ3) is 2.76. The molecule has 3 rings (SSSR count). The van der Waals surface area contributed by atoms with E-state index < -0.39 is 5.76 Å². The lowest BCUT2D eigenvalue weighted by Gasteiger charge is -2.02. The minimum Gasteiger partial charge on any atom is -0.406 e. The van der Waals surface area contributed by atoms with E-state index in [1.54, 1.807) is 12.1 Å². The predicted octanol–water partition coefficient (Wildman–Crippen LogP) is 2.85. The van der Waals surface area contributed by atoms with Crippen molar-refractivity contribution in [1.82, 2.24) is 9.55 Å². The highest BCUT2D eigenvalue weighted by Gasteiger charge is 2.13. The van der Waals surface area contributed by atoms with Crippen LogP contribution in [0.2, 0.25) is 0 Å². The molecule has 0 fully saturated rings. The van der Waals surface area contributed by atoms with Crippen LogP contribution in [0.4, 0.5) is 0 Å². The molecule has 0 atom stereocenters. The van der Waals surface area contributed by atoms with Crippen molar-refractivity contribution in [3.05, 3.63) is 50.5 Å². The molecule has 6 heteroatoms. The molecule has 1 aromatic carbocycles. The summed E-state index contributed by atoms with van der Waals surface area (Å²) in [5.41, 5.74) is 2.46. The van der Waals surface area contributed by atoms with E-state index in [9.17, 15) is 9.59 Å². The summed E-state index contributed by atoms with van der Waals surface area (Å²) < 4.78 is 7.49. The molecule has 21 heavy (non-hydrogen) atoms. The van der Waals surface area contributed by atoms with Crippen molar-refractivity contribution in [3.63, 3.8) is 0 Å². The zero-order valence-electron chi connectivity index (χ0n) is 11.2. The van der Waals surface area contributed by atoms with Crippen LogP contribution in [0.5, 0.6) is 0 Å². The molecule has 0 saturated carbocycles. The first-order valence-electron chi connectivity index (χ1n) is 6.30. The van der Waals surface area contributed by atoms with Gasteiger partial charge in [0.15, 0.2) is 11.2 Å². The van der Waals surface area contributed by atoms with Crippen LogP contribution >= 0.6 is 22.6 Å². The summed E-state index contributed by atoms with van der Waals surface area (Å²) in [5.74, 6) is -0.686. The van der Waals surface area contributed by atoms with E-state index in [-0.39, 0.29) is 12.3 Å². The van der Waals surface area contributed by atoms with E-state index >= 15 is 0 Å². The second-order valence-corrected chi connectivity index (χ2v) is 5.93. The molecule has 3 aromatic rings. The van der Waals surface area contributed by atoms with Gasteiger partial charge in [0.25, 0.3) is 0 Å². The molecule has 0 aliphatic rings. The lowest BCUT2D eigenvalue weighted by atomic mass is 10.1. The average Bonchev–Trinajstić information content (AvgIpc) is 2.75. The molecular formula is C15H11IN2O3. The highest BCUT2D eigenvalue weighted by atomic mass is 127. The third-order valence-corrected chi connectivity index (χ3v) is 3.75. The molecule has 2 heterocycles. The van der Waals surface area contributed by atoms with Gasteiger partial charge in [0.05, 0.1) is 12.2 Å². The number of nitrogens with zero attached hydrogens (tertiary/aromatic N) is 2. The van der Waals surface area contributed by atoms with Gasteiger partial charge in [-0.3, -0.25) is 9.36 Å². The molecule has 0 unspecified atom stereocenters. The number of carbonyl (C=O) groups excluding carboxylic acids is 1. The Bertz CT molecular complexity index is 878. The molecule has 0 spiro atoms. The summed E-state index contributed by atoms with van der Waals surface area (Å²) >= 11 is 2.23. The van der Waals surface area contributed by atoms with Crippen molar-refractivity contribution >= 4 is 39.6 Å². The highest BCUT2D eigenvalue weighted by Crippen LogP contribution is 2.21. The Kier molecular flexibility index (Phi) is 3.62. The van der Waals surface area contributed by atoms with Crippen LogP contribution < -0.4 is 5.76 Å². The molecule has 5 nitrogen and oxygen atoms in total. The van der Waals surface area contributed by atoms with E-state index in [4.69, 9.17) is 4.42 Å². The van der Waals surface area contributed by atoms with Gasteiger partial charge >= 0.3 is 5.76 Å². The molecule has 106 valence electrons. The molecule has 0 radical (unpaired) electrons. The number of Topliss-reactive ketones (excluding diaryl/α,β-unsaturated/α-hetero) is 1. The largest absolute Gasteiger partial charge is 0.421 e. The maximum atomic E-state index is 11.8. The van der Waals surface area contributed by atoms with Crippen molar-refractivity contribution in [2.45, 2.75) is 13.5 Å². The number of pyridine rings is 1. The number of carbonyl (C=O) groups is 1. The Balaban J connectivity index is 2.16. The van der Waals surface area contributed by atoms with Gasteiger partial charge in [0.2, 0.25) is 0 Å². The van der Waals surface area contributed by atoms with Gasteiger partial charge < -0.3 is 4.42 Å². The van der Waals surface area contributed by atoms with Crippen LogP contribution in [-0.2, 0) is 11.3 Å². The summed E-state index contributed by atoms with van der Waals surface area (Å²) in [6.45, 7) is 1.39. The van der Waals surface area contributed by atoms with Crippen LogP contribution in [0.15, 0.2) is 45.6 Å². The number of fused-ring (bicyclic) bond motifs is 1. The van der Waals surface area contributed by atoms with Gasteiger partial charge in [-0.25, -0.2) is 9.78 Å². The van der Waals surface area contributed by atoms with Crippen LogP contribution in [0.1, 0.15) is 6.92 Å². The predicted molar refractivity (Wildman–Crippen MR) is 87.1 cm³/mol. The zero-order chi connectivity index (χ0) is 15.0. The first kappa shape index (κ1) is 14.0. The number of aromatic nitrogens is 2. The Morgan fingerprint density at radius 3 is 2.62 bits per heavy atom. The number of hydrogen-bond donors (Lipinski definition) is 0. The van der Waals surface area contributed by atoms with Crippen LogP contribution in [0, 0.1) is 3.57 Å². The first-order chi connectivity index (χ1) is 10.0. The Morgan fingerprint density at radius 2 is 1.95 bits per heavy atom. The standard InChI is InChI=1S/C15H11IN2O3/c1-9(19)8-18-14-13(21-15(18)20)7-6-12(17-14)10-2-4-11(16)5-3-10/h2-7H,8H2,1H3. The summed E-state index contributed by atoms with van der Waals surface area (Å²) in [4.78, 5) is 27.5. The lowest BCUT2D eigenvalue weighted by molar-refractivity contribution is -0.117. The van der Waals surface area contributed by atoms with Crippen molar-refractivity contribution in [1.29, 1.82) is 0 Å². The fraction of sp³-hybridized carbons (Fsp3) is 0.133. The van der Waals surface area contributed by atoms with Crippen LogP contribution in [0.25, 0.3) is 22.5 Å². The normalized spacial score (nSPS) is 11.0. The van der Waals surface area contributed by atoms with E-state index in [1.165, 1.54) is 11.5 Å². The second kappa shape index (κ2) is 5.44. The van der Waals surface area contributed by atoms with Gasteiger partial charge in [0, 0.05) is 9.13 Å². The molecular weight excluding hydrogens is 383 g/mol. The summed E-state index contributed by atoms with van der Waals surface area (Å²) in [5, 5.41) is 0. The van der Waals surface area contributed by atoms with Crippen molar-refractivity contribution in [2.24, 2.45) is 0 Å². The topological polar surface area (TPSA) is 65.1 Å². The fourth-order valence-corrected chi connectivity index (χ4v) is 2.45. The molecule has 0 saturated heterocycles. The third-order valence-electron chi connectivity index (χ3n) is 3.03. The molecule has 0 bridgehead atoms. The number of halogens is 1. The maximum Gasteiger partial charge on any atom is 0.421 e. The Labute approximate surface area is 133 Å². The van der Waals surface area contributed by atoms with Gasteiger partial charge in [-0.1, -0.05) is 12.1 Å². The van der Waals surface area contributed by atoms with Gasteiger partial charge in [-0.2, -0.15) is 0 Å². The zero-order valence-corrected chi connectivity index (χ0v) is 13.3. The molecule has 0 N–H and O–H groups in total. The minimum absolute atomic E-state index is 0.0328.